The highest BCUT2D eigenvalue weighted by atomic mass is 16.1. The van der Waals surface area contributed by atoms with Crippen LogP contribution >= 0.6 is 0 Å². The van der Waals surface area contributed by atoms with Crippen molar-refractivity contribution in [2.75, 3.05) is 5.32 Å². The number of hydrogen-bond donors (Lipinski definition) is 2. The molecule has 0 bridgehead atoms. The molecule has 0 atom stereocenters. The minimum absolute atomic E-state index is 0.136. The molecule has 1 amide bonds. The number of nitrogens with one attached hydrogen (secondary N) is 2. The first kappa shape index (κ1) is 12.6. The average Bonchev–Trinajstić information content (AvgIpc) is 3.13. The topological polar surface area (TPSA) is 62.7 Å². The number of H-pyrrole nitrogens is 1. The lowest BCUT2D eigenvalue weighted by molar-refractivity contribution is 0.102. The first-order chi connectivity index (χ1) is 10.7. The van der Waals surface area contributed by atoms with E-state index in [0.717, 1.165) is 27.6 Å². The van der Waals surface area contributed by atoms with Crippen LogP contribution in [0.5, 0.6) is 0 Å². The Kier molecular flexibility index (Phi) is 2.72. The van der Waals surface area contributed by atoms with Crippen LogP contribution in [0.3, 0.4) is 0 Å². The van der Waals surface area contributed by atoms with Gasteiger partial charge >= 0.3 is 0 Å². The van der Waals surface area contributed by atoms with Crippen LogP contribution in [0.4, 0.5) is 5.69 Å². The van der Waals surface area contributed by atoms with Crippen molar-refractivity contribution >= 4 is 33.5 Å². The molecule has 5 heteroatoms. The second kappa shape index (κ2) is 4.73. The number of aromatic nitrogens is 3. The number of carbonyl (C=O) groups excluding carboxylic acids is 1. The van der Waals surface area contributed by atoms with Crippen molar-refractivity contribution in [2.24, 2.45) is 7.05 Å². The maximum absolute atomic E-state index is 12.5. The van der Waals surface area contributed by atoms with E-state index in [1.54, 1.807) is 6.33 Å². The lowest BCUT2D eigenvalue weighted by Gasteiger charge is -2.06. The molecule has 4 aromatic rings. The Labute approximate surface area is 126 Å². The molecule has 0 spiro atoms. The van der Waals surface area contributed by atoms with Crippen LogP contribution in [0.15, 0.2) is 55.0 Å². The summed E-state index contributed by atoms with van der Waals surface area (Å²) in [6, 6.07) is 13.3. The van der Waals surface area contributed by atoms with Crippen molar-refractivity contribution in [3.05, 3.63) is 60.6 Å². The maximum atomic E-state index is 12.5. The average molecular weight is 290 g/mol. The Morgan fingerprint density at radius 3 is 3.05 bits per heavy atom. The number of aromatic amines is 1. The van der Waals surface area contributed by atoms with Gasteiger partial charge in [0.2, 0.25) is 0 Å². The number of fused-ring (bicyclic) bond motifs is 2. The normalized spacial score (nSPS) is 11.1. The van der Waals surface area contributed by atoms with Crippen molar-refractivity contribution in [2.45, 2.75) is 0 Å². The maximum Gasteiger partial charge on any atom is 0.257 e. The van der Waals surface area contributed by atoms with Crippen molar-refractivity contribution in [1.82, 2.24) is 14.5 Å². The molecule has 0 fully saturated rings. The number of imidazole rings is 1. The van der Waals surface area contributed by atoms with Crippen LogP contribution in [0.25, 0.3) is 21.9 Å². The highest BCUT2D eigenvalue weighted by molar-refractivity contribution is 6.12. The Morgan fingerprint density at radius 1 is 1.23 bits per heavy atom. The number of anilines is 1. The van der Waals surface area contributed by atoms with Gasteiger partial charge in [-0.3, -0.25) is 4.79 Å². The van der Waals surface area contributed by atoms with Crippen molar-refractivity contribution in [1.29, 1.82) is 0 Å². The van der Waals surface area contributed by atoms with E-state index in [1.807, 2.05) is 60.3 Å². The summed E-state index contributed by atoms with van der Waals surface area (Å²) in [5.74, 6) is -0.136. The van der Waals surface area contributed by atoms with E-state index in [-0.39, 0.29) is 5.91 Å². The summed E-state index contributed by atoms with van der Waals surface area (Å²) in [5, 5.41) is 3.95. The van der Waals surface area contributed by atoms with Crippen LogP contribution in [-0.4, -0.2) is 20.4 Å². The van der Waals surface area contributed by atoms with Crippen molar-refractivity contribution in [3.8, 4) is 0 Å². The molecule has 0 aliphatic heterocycles. The molecule has 0 unspecified atom stereocenters. The highest BCUT2D eigenvalue weighted by Crippen LogP contribution is 2.21. The molecule has 22 heavy (non-hydrogen) atoms. The number of amides is 1. The van der Waals surface area contributed by atoms with Gasteiger partial charge < -0.3 is 14.9 Å². The van der Waals surface area contributed by atoms with E-state index in [4.69, 9.17) is 0 Å². The van der Waals surface area contributed by atoms with Gasteiger partial charge in [0.05, 0.1) is 28.4 Å². The summed E-state index contributed by atoms with van der Waals surface area (Å²) in [7, 11) is 1.94. The third-order valence-corrected chi connectivity index (χ3v) is 3.82. The van der Waals surface area contributed by atoms with E-state index in [2.05, 4.69) is 15.3 Å². The van der Waals surface area contributed by atoms with Gasteiger partial charge in [0.25, 0.3) is 5.91 Å². The number of para-hydroxylation sites is 1. The van der Waals surface area contributed by atoms with Gasteiger partial charge in [0.1, 0.15) is 0 Å². The fraction of sp³-hybridized carbons (Fsp3) is 0.0588. The fourth-order valence-electron chi connectivity index (χ4n) is 2.69. The third kappa shape index (κ3) is 1.95. The first-order valence-electron chi connectivity index (χ1n) is 7.01. The molecule has 2 aromatic carbocycles. The van der Waals surface area contributed by atoms with E-state index in [0.29, 0.717) is 5.56 Å². The Bertz CT molecular complexity index is 996. The minimum atomic E-state index is -0.136. The molecule has 0 radical (unpaired) electrons. The summed E-state index contributed by atoms with van der Waals surface area (Å²) in [5.41, 5.74) is 4.10. The molecule has 108 valence electrons. The summed E-state index contributed by atoms with van der Waals surface area (Å²) in [6.07, 6.45) is 3.59. The zero-order valence-electron chi connectivity index (χ0n) is 12.0. The van der Waals surface area contributed by atoms with Crippen molar-refractivity contribution in [3.63, 3.8) is 0 Å². The number of nitrogens with zero attached hydrogens (tertiary/aromatic N) is 2. The SMILES string of the molecule is Cn1cnc2cc(NC(=O)c3cccc4cc[nH]c34)ccc21. The third-order valence-electron chi connectivity index (χ3n) is 3.82. The largest absolute Gasteiger partial charge is 0.361 e. The smallest absolute Gasteiger partial charge is 0.257 e. The van der Waals surface area contributed by atoms with Gasteiger partial charge in [-0.1, -0.05) is 12.1 Å². The molecule has 2 aromatic heterocycles. The summed E-state index contributed by atoms with van der Waals surface area (Å²) < 4.78 is 1.95. The predicted molar refractivity (Wildman–Crippen MR) is 87.0 cm³/mol. The Hall–Kier alpha value is -3.08. The molecule has 0 saturated carbocycles. The molecular weight excluding hydrogens is 276 g/mol. The lowest BCUT2D eigenvalue weighted by Crippen LogP contribution is -2.12. The standard InChI is InChI=1S/C17H14N4O/c1-21-10-19-14-9-12(5-6-15(14)21)20-17(22)13-4-2-3-11-7-8-18-16(11)13/h2-10,18H,1H3,(H,20,22). The van der Waals surface area contributed by atoms with Crippen LogP contribution in [0.2, 0.25) is 0 Å². The first-order valence-corrected chi connectivity index (χ1v) is 7.01. The number of aryl methyl sites for hydroxylation is 1. The van der Waals surface area contributed by atoms with E-state index in [9.17, 15) is 4.79 Å². The molecule has 0 saturated heterocycles. The van der Waals surface area contributed by atoms with Gasteiger partial charge in [-0.05, 0) is 30.3 Å². The molecular formula is C17H14N4O. The molecule has 2 N–H and O–H groups in total. The number of rotatable bonds is 2. The van der Waals surface area contributed by atoms with Gasteiger partial charge in [0, 0.05) is 24.3 Å². The lowest BCUT2D eigenvalue weighted by atomic mass is 10.1. The molecule has 4 rings (SSSR count). The summed E-state index contributed by atoms with van der Waals surface area (Å²) in [4.78, 5) is 19.9. The van der Waals surface area contributed by atoms with Crippen LogP contribution in [-0.2, 0) is 7.05 Å². The van der Waals surface area contributed by atoms with E-state index in [1.165, 1.54) is 0 Å². The zero-order chi connectivity index (χ0) is 15.1. The monoisotopic (exact) mass is 290 g/mol. The van der Waals surface area contributed by atoms with Crippen LogP contribution in [0.1, 0.15) is 10.4 Å². The van der Waals surface area contributed by atoms with Gasteiger partial charge in [-0.15, -0.1) is 0 Å². The van der Waals surface area contributed by atoms with E-state index >= 15 is 0 Å². The van der Waals surface area contributed by atoms with E-state index < -0.39 is 0 Å². The van der Waals surface area contributed by atoms with Crippen molar-refractivity contribution < 1.29 is 4.79 Å². The second-order valence-corrected chi connectivity index (χ2v) is 5.26. The predicted octanol–water partition coefficient (Wildman–Crippen LogP) is 3.31. The zero-order valence-corrected chi connectivity index (χ0v) is 12.0. The van der Waals surface area contributed by atoms with Crippen LogP contribution < -0.4 is 5.32 Å². The molecule has 2 heterocycles. The quantitative estimate of drug-likeness (QED) is 0.595. The molecule has 5 nitrogen and oxygen atoms in total. The highest BCUT2D eigenvalue weighted by Gasteiger charge is 2.11. The number of carbonyl (C=O) groups is 1. The second-order valence-electron chi connectivity index (χ2n) is 5.26. The summed E-state index contributed by atoms with van der Waals surface area (Å²) in [6.45, 7) is 0. The minimum Gasteiger partial charge on any atom is -0.361 e. The number of benzene rings is 2. The Morgan fingerprint density at radius 2 is 2.14 bits per heavy atom. The summed E-state index contributed by atoms with van der Waals surface area (Å²) >= 11 is 0. The molecule has 0 aliphatic rings. The molecule has 0 aliphatic carbocycles. The van der Waals surface area contributed by atoms with Gasteiger partial charge in [-0.25, -0.2) is 4.98 Å². The Balaban J connectivity index is 1.69. The van der Waals surface area contributed by atoms with Crippen LogP contribution in [0, 0.1) is 0 Å². The van der Waals surface area contributed by atoms with Gasteiger partial charge in [0.15, 0.2) is 0 Å². The fourth-order valence-corrected chi connectivity index (χ4v) is 2.69. The van der Waals surface area contributed by atoms with Gasteiger partial charge in [-0.2, -0.15) is 0 Å². The number of hydrogen-bond acceptors (Lipinski definition) is 2.